The van der Waals surface area contributed by atoms with Crippen LogP contribution in [-0.2, 0) is 14.3 Å². The van der Waals surface area contributed by atoms with Gasteiger partial charge in [0.05, 0.1) is 17.1 Å². The first-order valence-corrected chi connectivity index (χ1v) is 13.6. The summed E-state index contributed by atoms with van der Waals surface area (Å²) in [5.41, 5.74) is -6.14. The number of aromatic nitrogens is 1. The topological polar surface area (TPSA) is 146 Å². The predicted molar refractivity (Wildman–Crippen MR) is 136 cm³/mol. The number of hydrogen-bond donors (Lipinski definition) is 4. The lowest BCUT2D eigenvalue weighted by atomic mass is 9.42. The fourth-order valence-corrected chi connectivity index (χ4v) is 8.52. The molecule has 5 rings (SSSR count). The molecule has 9 nitrogen and oxygen atoms in total. The smallest absolute Gasteiger partial charge is 0.339 e. The number of pyridine rings is 1. The monoisotopic (exact) mass is 529 g/mol. The van der Waals surface area contributed by atoms with Crippen LogP contribution in [-0.4, -0.2) is 72.5 Å². The van der Waals surface area contributed by atoms with Gasteiger partial charge in [0.2, 0.25) is 0 Å². The van der Waals surface area contributed by atoms with Crippen molar-refractivity contribution in [3.05, 3.63) is 41.7 Å². The number of hydrogen-bond acceptors (Lipinski definition) is 9. The minimum atomic E-state index is -1.87. The van der Waals surface area contributed by atoms with Crippen LogP contribution in [0.2, 0.25) is 0 Å². The Hall–Kier alpha value is -2.33. The van der Waals surface area contributed by atoms with Crippen molar-refractivity contribution in [2.45, 2.75) is 108 Å². The SMILES string of the molecule is CC(=O)OC(C)[C@]1(O)CC[C@@]2(O)[C@]1(C)C(OC(=O)c1cccnc1)C[C@@H]1[C@@]3(C)CC[C@H](O)CC3=CC[C@]12O. The van der Waals surface area contributed by atoms with Crippen molar-refractivity contribution in [3.8, 4) is 0 Å². The Bertz CT molecular complexity index is 1160. The average Bonchev–Trinajstić information content (AvgIpc) is 3.10. The second kappa shape index (κ2) is 8.84. The number of aliphatic hydroxyl groups excluding tert-OH is 1. The van der Waals surface area contributed by atoms with Gasteiger partial charge >= 0.3 is 11.9 Å². The van der Waals surface area contributed by atoms with Gasteiger partial charge in [-0.1, -0.05) is 25.5 Å². The summed E-state index contributed by atoms with van der Waals surface area (Å²) in [6.45, 7) is 6.51. The van der Waals surface area contributed by atoms with Crippen molar-refractivity contribution >= 4 is 11.9 Å². The molecule has 0 aliphatic heterocycles. The highest BCUT2D eigenvalue weighted by Gasteiger charge is 2.81. The van der Waals surface area contributed by atoms with E-state index in [0.717, 1.165) is 5.57 Å². The second-order valence-corrected chi connectivity index (χ2v) is 12.3. The summed E-state index contributed by atoms with van der Waals surface area (Å²) in [5.74, 6) is -1.74. The number of fused-ring (bicyclic) bond motifs is 5. The van der Waals surface area contributed by atoms with E-state index >= 15 is 0 Å². The lowest BCUT2D eigenvalue weighted by Crippen LogP contribution is -2.78. The highest BCUT2D eigenvalue weighted by atomic mass is 16.6. The molecule has 1 aromatic heterocycles. The maximum Gasteiger partial charge on any atom is 0.339 e. The third-order valence-electron chi connectivity index (χ3n) is 10.8. The molecule has 9 atom stereocenters. The van der Waals surface area contributed by atoms with Gasteiger partial charge in [-0.3, -0.25) is 9.78 Å². The fraction of sp³-hybridized carbons (Fsp3) is 0.690. The van der Waals surface area contributed by atoms with Gasteiger partial charge in [-0.15, -0.1) is 0 Å². The van der Waals surface area contributed by atoms with Gasteiger partial charge in [-0.25, -0.2) is 4.79 Å². The van der Waals surface area contributed by atoms with Gasteiger partial charge in [-0.2, -0.15) is 0 Å². The van der Waals surface area contributed by atoms with Gasteiger partial charge in [0.25, 0.3) is 0 Å². The molecule has 0 aromatic carbocycles. The zero-order valence-corrected chi connectivity index (χ0v) is 22.5. The molecule has 1 heterocycles. The Morgan fingerprint density at radius 3 is 2.55 bits per heavy atom. The zero-order chi connectivity index (χ0) is 27.7. The molecule has 1 aromatic rings. The summed E-state index contributed by atoms with van der Waals surface area (Å²) >= 11 is 0. The van der Waals surface area contributed by atoms with E-state index in [1.807, 2.05) is 13.0 Å². The highest BCUT2D eigenvalue weighted by Crippen LogP contribution is 2.71. The average molecular weight is 530 g/mol. The first-order chi connectivity index (χ1) is 17.7. The summed E-state index contributed by atoms with van der Waals surface area (Å²) in [4.78, 5) is 29.2. The van der Waals surface area contributed by atoms with Crippen LogP contribution >= 0.6 is 0 Å². The Morgan fingerprint density at radius 2 is 1.89 bits per heavy atom. The molecule has 3 fully saturated rings. The van der Waals surface area contributed by atoms with Crippen molar-refractivity contribution in [2.24, 2.45) is 16.7 Å². The largest absolute Gasteiger partial charge is 0.460 e. The Labute approximate surface area is 222 Å². The lowest BCUT2D eigenvalue weighted by Gasteiger charge is -2.67. The van der Waals surface area contributed by atoms with Gasteiger partial charge in [0.15, 0.2) is 0 Å². The highest BCUT2D eigenvalue weighted by molar-refractivity contribution is 5.89. The maximum atomic E-state index is 13.3. The molecule has 0 bridgehead atoms. The van der Waals surface area contributed by atoms with Crippen molar-refractivity contribution in [1.82, 2.24) is 4.98 Å². The van der Waals surface area contributed by atoms with E-state index in [1.54, 1.807) is 32.2 Å². The molecular weight excluding hydrogens is 490 g/mol. The van der Waals surface area contributed by atoms with E-state index < -0.39 is 63.8 Å². The van der Waals surface area contributed by atoms with Crippen LogP contribution in [0.3, 0.4) is 0 Å². The number of aliphatic hydroxyl groups is 4. The minimum absolute atomic E-state index is 0.0292. The summed E-state index contributed by atoms with van der Waals surface area (Å²) in [5, 5.41) is 47.7. The van der Waals surface area contributed by atoms with Crippen molar-refractivity contribution in [1.29, 1.82) is 0 Å². The zero-order valence-electron chi connectivity index (χ0n) is 22.5. The fourth-order valence-electron chi connectivity index (χ4n) is 8.52. The van der Waals surface area contributed by atoms with Gasteiger partial charge in [-0.05, 0) is 69.4 Å². The standard InChI is InChI=1S/C29H39NO8/c1-17(37-18(2)31)27(34)11-12-29(36)26(27,4)23(38-24(33)19-6-5-13-30-16-19)15-22-25(3)9-8-21(32)14-20(25)7-10-28(22,29)35/h5-7,13,16-17,21-23,32,34-36H,8-12,14-15H2,1-4H3/t17?,21-,22+,23?,25-,26+,27+,28-,29+/m0/s1. The van der Waals surface area contributed by atoms with Crippen LogP contribution in [0, 0.1) is 16.7 Å². The number of rotatable bonds is 4. The number of ether oxygens (including phenoxy) is 2. The van der Waals surface area contributed by atoms with E-state index in [1.165, 1.54) is 13.1 Å². The molecule has 0 radical (unpaired) electrons. The molecule has 0 spiro atoms. The van der Waals surface area contributed by atoms with Crippen LogP contribution in [0.5, 0.6) is 0 Å². The van der Waals surface area contributed by atoms with Gasteiger partial charge in [0.1, 0.15) is 29.0 Å². The van der Waals surface area contributed by atoms with E-state index in [2.05, 4.69) is 4.98 Å². The number of nitrogens with zero attached hydrogens (tertiary/aromatic N) is 1. The first kappa shape index (κ1) is 27.2. The molecule has 0 amide bonds. The molecule has 4 aliphatic rings. The molecule has 208 valence electrons. The lowest BCUT2D eigenvalue weighted by molar-refractivity contribution is -0.324. The molecule has 2 unspecified atom stereocenters. The Balaban J connectivity index is 1.64. The summed E-state index contributed by atoms with van der Waals surface area (Å²) in [6.07, 6.45) is 4.41. The third-order valence-corrected chi connectivity index (χ3v) is 10.8. The van der Waals surface area contributed by atoms with E-state index in [0.29, 0.717) is 19.3 Å². The number of esters is 2. The molecule has 3 saturated carbocycles. The molecule has 0 saturated heterocycles. The summed E-state index contributed by atoms with van der Waals surface area (Å²) in [6, 6.07) is 3.20. The van der Waals surface area contributed by atoms with E-state index in [-0.39, 0.29) is 31.2 Å². The van der Waals surface area contributed by atoms with Crippen LogP contribution in [0.15, 0.2) is 36.2 Å². The molecule has 4 aliphatic carbocycles. The van der Waals surface area contributed by atoms with E-state index in [4.69, 9.17) is 9.47 Å². The summed E-state index contributed by atoms with van der Waals surface area (Å²) < 4.78 is 11.6. The molecular formula is C29H39NO8. The van der Waals surface area contributed by atoms with Crippen LogP contribution in [0.25, 0.3) is 0 Å². The Kier molecular flexibility index (Phi) is 6.34. The molecule has 4 N–H and O–H groups in total. The van der Waals surface area contributed by atoms with Crippen molar-refractivity contribution < 1.29 is 39.5 Å². The molecule has 38 heavy (non-hydrogen) atoms. The van der Waals surface area contributed by atoms with Crippen LogP contribution in [0.4, 0.5) is 0 Å². The number of carbonyl (C=O) groups is 2. The van der Waals surface area contributed by atoms with Crippen LogP contribution in [0.1, 0.15) is 83.0 Å². The Morgan fingerprint density at radius 1 is 1.16 bits per heavy atom. The van der Waals surface area contributed by atoms with Gasteiger partial charge < -0.3 is 29.9 Å². The second-order valence-electron chi connectivity index (χ2n) is 12.3. The quantitative estimate of drug-likeness (QED) is 0.341. The minimum Gasteiger partial charge on any atom is -0.460 e. The normalized spacial score (nSPS) is 44.6. The maximum absolute atomic E-state index is 13.3. The number of carbonyl (C=O) groups excluding carboxylic acids is 2. The predicted octanol–water partition coefficient (Wildman–Crippen LogP) is 2.45. The molecule has 9 heteroatoms. The first-order valence-electron chi connectivity index (χ1n) is 13.6. The van der Waals surface area contributed by atoms with Crippen molar-refractivity contribution in [3.63, 3.8) is 0 Å². The van der Waals surface area contributed by atoms with Crippen molar-refractivity contribution in [2.75, 3.05) is 0 Å². The van der Waals surface area contributed by atoms with Gasteiger partial charge in [0, 0.05) is 25.2 Å². The van der Waals surface area contributed by atoms with Crippen LogP contribution < -0.4 is 0 Å². The van der Waals surface area contributed by atoms with E-state index in [9.17, 15) is 30.0 Å². The summed E-state index contributed by atoms with van der Waals surface area (Å²) in [7, 11) is 0. The third kappa shape index (κ3) is 3.48.